The Hall–Kier alpha value is -2.69. The number of aromatic amines is 1. The van der Waals surface area contributed by atoms with Gasteiger partial charge < -0.3 is 10.1 Å². The third kappa shape index (κ3) is 1.67. The molecule has 0 aliphatic carbocycles. The van der Waals surface area contributed by atoms with E-state index in [4.69, 9.17) is 5.11 Å². The molecule has 2 N–H and O–H groups in total. The second-order valence-electron chi connectivity index (χ2n) is 4.37. The van der Waals surface area contributed by atoms with Gasteiger partial charge in [-0.25, -0.2) is 4.79 Å². The SMILES string of the molecule is Cc1cc2ccc3nccc3c2[nH]c1C(=O)C(=O)O. The Kier molecular flexibility index (Phi) is 2.35. The number of rotatable bonds is 2. The van der Waals surface area contributed by atoms with Crippen LogP contribution in [0.15, 0.2) is 30.5 Å². The molecule has 3 rings (SSSR count). The fourth-order valence-corrected chi connectivity index (χ4v) is 2.23. The smallest absolute Gasteiger partial charge is 0.378 e. The lowest BCUT2D eigenvalue weighted by molar-refractivity contribution is -0.131. The zero-order chi connectivity index (χ0) is 13.6. The first-order valence-electron chi connectivity index (χ1n) is 5.72. The topological polar surface area (TPSA) is 83.0 Å². The number of H-pyrrole nitrogens is 1. The van der Waals surface area contributed by atoms with Gasteiger partial charge in [0, 0.05) is 11.6 Å². The molecule has 94 valence electrons. The number of aromatic nitrogens is 2. The largest absolute Gasteiger partial charge is 0.475 e. The van der Waals surface area contributed by atoms with Crippen LogP contribution in [0.3, 0.4) is 0 Å². The molecule has 1 aromatic carbocycles. The Bertz CT molecular complexity index is 833. The maximum atomic E-state index is 11.6. The number of carboxylic acids is 1. The number of hydrogen-bond donors (Lipinski definition) is 2. The van der Waals surface area contributed by atoms with Crippen LogP contribution < -0.4 is 0 Å². The van der Waals surface area contributed by atoms with Crippen molar-refractivity contribution in [3.63, 3.8) is 0 Å². The number of aliphatic carboxylic acids is 1. The number of carboxylic acid groups (broad SMARTS) is 1. The van der Waals surface area contributed by atoms with Gasteiger partial charge in [-0.3, -0.25) is 9.78 Å². The van der Waals surface area contributed by atoms with Gasteiger partial charge in [0.15, 0.2) is 0 Å². The number of ketones is 1. The van der Waals surface area contributed by atoms with E-state index in [1.54, 1.807) is 19.2 Å². The van der Waals surface area contributed by atoms with Crippen LogP contribution >= 0.6 is 0 Å². The molecule has 0 aliphatic rings. The fraction of sp³-hybridized carbons (Fsp3) is 0.0714. The molecule has 0 radical (unpaired) electrons. The van der Waals surface area contributed by atoms with Crippen LogP contribution in [0.4, 0.5) is 0 Å². The van der Waals surface area contributed by atoms with E-state index in [0.717, 1.165) is 21.8 Å². The van der Waals surface area contributed by atoms with Crippen molar-refractivity contribution in [3.05, 3.63) is 41.7 Å². The predicted molar refractivity (Wildman–Crippen MR) is 70.3 cm³/mol. The molecule has 0 atom stereocenters. The molecule has 0 bridgehead atoms. The average molecular weight is 254 g/mol. The highest BCUT2D eigenvalue weighted by atomic mass is 16.4. The molecule has 0 unspecified atom stereocenters. The minimum atomic E-state index is -1.47. The second kappa shape index (κ2) is 3.91. The third-order valence-electron chi connectivity index (χ3n) is 3.15. The Morgan fingerprint density at radius 2 is 2.05 bits per heavy atom. The summed E-state index contributed by atoms with van der Waals surface area (Å²) in [6.45, 7) is 1.71. The van der Waals surface area contributed by atoms with E-state index in [-0.39, 0.29) is 5.69 Å². The van der Waals surface area contributed by atoms with Crippen LogP contribution in [0, 0.1) is 6.92 Å². The van der Waals surface area contributed by atoms with E-state index in [1.807, 2.05) is 18.2 Å². The number of Topliss-reactive ketones (excluding diaryl/α,β-unsaturated/α-hetero) is 1. The maximum Gasteiger partial charge on any atom is 0.378 e. The van der Waals surface area contributed by atoms with Crippen LogP contribution in [0.25, 0.3) is 21.8 Å². The summed E-state index contributed by atoms with van der Waals surface area (Å²) in [4.78, 5) is 29.6. The molecule has 5 heteroatoms. The van der Waals surface area contributed by atoms with Gasteiger partial charge in [0.1, 0.15) is 0 Å². The van der Waals surface area contributed by atoms with Crippen LogP contribution in [0.2, 0.25) is 0 Å². The zero-order valence-electron chi connectivity index (χ0n) is 10.1. The van der Waals surface area contributed by atoms with E-state index in [9.17, 15) is 9.59 Å². The Labute approximate surface area is 107 Å². The zero-order valence-corrected chi connectivity index (χ0v) is 10.1. The summed E-state index contributed by atoms with van der Waals surface area (Å²) in [7, 11) is 0. The summed E-state index contributed by atoms with van der Waals surface area (Å²) in [5.41, 5.74) is 2.25. The molecule has 2 heterocycles. The van der Waals surface area contributed by atoms with Gasteiger partial charge in [-0.15, -0.1) is 0 Å². The number of carbonyl (C=O) groups excluding carboxylic acids is 1. The molecule has 3 aromatic rings. The molecule has 0 spiro atoms. The van der Waals surface area contributed by atoms with Crippen molar-refractivity contribution in [1.29, 1.82) is 0 Å². The van der Waals surface area contributed by atoms with Crippen molar-refractivity contribution in [2.45, 2.75) is 6.92 Å². The van der Waals surface area contributed by atoms with Crippen LogP contribution in [0.5, 0.6) is 0 Å². The fourth-order valence-electron chi connectivity index (χ4n) is 2.23. The van der Waals surface area contributed by atoms with Crippen molar-refractivity contribution < 1.29 is 14.7 Å². The van der Waals surface area contributed by atoms with E-state index < -0.39 is 11.8 Å². The van der Waals surface area contributed by atoms with E-state index >= 15 is 0 Å². The molecule has 19 heavy (non-hydrogen) atoms. The van der Waals surface area contributed by atoms with E-state index in [1.165, 1.54) is 0 Å². The molecule has 0 saturated carbocycles. The van der Waals surface area contributed by atoms with Crippen molar-refractivity contribution >= 4 is 33.6 Å². The van der Waals surface area contributed by atoms with Gasteiger partial charge in [-0.05, 0) is 36.1 Å². The number of carbonyl (C=O) groups is 2. The molecule has 2 aromatic heterocycles. The number of fused-ring (bicyclic) bond motifs is 3. The second-order valence-corrected chi connectivity index (χ2v) is 4.37. The van der Waals surface area contributed by atoms with E-state index in [0.29, 0.717) is 5.56 Å². The summed E-state index contributed by atoms with van der Waals surface area (Å²) < 4.78 is 0. The van der Waals surface area contributed by atoms with Crippen molar-refractivity contribution in [2.75, 3.05) is 0 Å². The monoisotopic (exact) mass is 254 g/mol. The van der Waals surface area contributed by atoms with Gasteiger partial charge in [-0.2, -0.15) is 0 Å². The lowest BCUT2D eigenvalue weighted by atomic mass is 10.1. The minimum absolute atomic E-state index is 0.105. The van der Waals surface area contributed by atoms with Crippen molar-refractivity contribution in [3.8, 4) is 0 Å². The lowest BCUT2D eigenvalue weighted by Crippen LogP contribution is -2.16. The molecular formula is C14H10N2O3. The van der Waals surface area contributed by atoms with Crippen LogP contribution in [-0.2, 0) is 4.79 Å². The summed E-state index contributed by atoms with van der Waals surface area (Å²) in [5.74, 6) is -2.40. The first-order valence-corrected chi connectivity index (χ1v) is 5.72. The maximum absolute atomic E-state index is 11.6. The molecule has 0 saturated heterocycles. The predicted octanol–water partition coefficient (Wildman–Crippen LogP) is 2.29. The number of nitrogens with zero attached hydrogens (tertiary/aromatic N) is 1. The average Bonchev–Trinajstić information content (AvgIpc) is 2.85. The summed E-state index contributed by atoms with van der Waals surface area (Å²) >= 11 is 0. The number of hydrogen-bond acceptors (Lipinski definition) is 3. The number of benzene rings is 1. The third-order valence-corrected chi connectivity index (χ3v) is 3.15. The molecule has 5 nitrogen and oxygen atoms in total. The van der Waals surface area contributed by atoms with Crippen molar-refractivity contribution in [2.24, 2.45) is 0 Å². The Balaban J connectivity index is 2.38. The highest BCUT2D eigenvalue weighted by molar-refractivity contribution is 6.39. The van der Waals surface area contributed by atoms with Gasteiger partial charge in [0.05, 0.1) is 16.7 Å². The van der Waals surface area contributed by atoms with Gasteiger partial charge in [0.2, 0.25) is 0 Å². The minimum Gasteiger partial charge on any atom is -0.475 e. The van der Waals surface area contributed by atoms with Crippen LogP contribution in [0.1, 0.15) is 16.1 Å². The summed E-state index contributed by atoms with van der Waals surface area (Å²) in [6, 6.07) is 7.42. The standard InChI is InChI=1S/C14H10N2O3/c1-7-6-8-2-3-10-9(4-5-15-10)12(8)16-11(7)13(17)14(18)19/h2-6,16H,1H3,(H,18,19). The highest BCUT2D eigenvalue weighted by Gasteiger charge is 2.18. The summed E-state index contributed by atoms with van der Waals surface area (Å²) in [5, 5.41) is 10.6. The van der Waals surface area contributed by atoms with Gasteiger partial charge in [0.25, 0.3) is 5.78 Å². The molecule has 0 fully saturated rings. The quantitative estimate of drug-likeness (QED) is 0.543. The summed E-state index contributed by atoms with van der Waals surface area (Å²) in [6.07, 6.45) is 1.68. The normalized spacial score (nSPS) is 11.0. The molecular weight excluding hydrogens is 244 g/mol. The van der Waals surface area contributed by atoms with Gasteiger partial charge in [-0.1, -0.05) is 6.07 Å². The lowest BCUT2D eigenvalue weighted by Gasteiger charge is -2.07. The first-order chi connectivity index (χ1) is 9.08. The number of pyridine rings is 1. The Morgan fingerprint density at radius 1 is 1.26 bits per heavy atom. The molecule has 0 amide bonds. The van der Waals surface area contributed by atoms with Crippen molar-refractivity contribution in [1.82, 2.24) is 9.97 Å². The van der Waals surface area contributed by atoms with E-state index in [2.05, 4.69) is 9.97 Å². The number of nitrogens with one attached hydrogen (secondary N) is 1. The highest BCUT2D eigenvalue weighted by Crippen LogP contribution is 2.25. The number of aryl methyl sites for hydroxylation is 1. The first kappa shape index (κ1) is 11.4. The Morgan fingerprint density at radius 3 is 2.79 bits per heavy atom. The molecule has 0 aliphatic heterocycles. The van der Waals surface area contributed by atoms with Gasteiger partial charge >= 0.3 is 5.97 Å². The van der Waals surface area contributed by atoms with Crippen LogP contribution in [-0.4, -0.2) is 26.8 Å².